The molecule has 7 heteroatoms. The molecule has 0 aliphatic heterocycles. The Bertz CT molecular complexity index is 698. The normalized spacial score (nSPS) is 10.5. The summed E-state index contributed by atoms with van der Waals surface area (Å²) in [5, 5.41) is 8.09. The predicted molar refractivity (Wildman–Crippen MR) is 83.7 cm³/mol. The molecule has 0 amide bonds. The number of aromatic amines is 1. The molecular formula is C14H17N5OS. The van der Waals surface area contributed by atoms with E-state index in [4.69, 9.17) is 11.1 Å². The van der Waals surface area contributed by atoms with Gasteiger partial charge in [-0.15, -0.1) is 0 Å². The van der Waals surface area contributed by atoms with Gasteiger partial charge >= 0.3 is 0 Å². The smallest absolute Gasteiger partial charge is 0.251 e. The third kappa shape index (κ3) is 4.16. The first-order chi connectivity index (χ1) is 10.1. The zero-order valence-electron chi connectivity index (χ0n) is 11.7. The summed E-state index contributed by atoms with van der Waals surface area (Å²) in [4.78, 5) is 22.8. The number of pyridine rings is 1. The molecule has 2 aromatic rings. The van der Waals surface area contributed by atoms with E-state index in [1.54, 1.807) is 12.3 Å². The van der Waals surface area contributed by atoms with E-state index >= 15 is 0 Å². The van der Waals surface area contributed by atoms with E-state index in [2.05, 4.69) is 15.0 Å². The highest BCUT2D eigenvalue weighted by molar-refractivity contribution is 7.98. The zero-order chi connectivity index (χ0) is 15.2. The molecule has 0 aliphatic rings. The quantitative estimate of drug-likeness (QED) is 0.326. The van der Waals surface area contributed by atoms with E-state index in [9.17, 15) is 4.79 Å². The van der Waals surface area contributed by atoms with Gasteiger partial charge in [-0.25, -0.2) is 4.98 Å². The van der Waals surface area contributed by atoms with E-state index in [0.29, 0.717) is 16.6 Å². The maximum Gasteiger partial charge on any atom is 0.251 e. The highest BCUT2D eigenvalue weighted by Gasteiger charge is 2.08. The molecule has 0 unspecified atom stereocenters. The van der Waals surface area contributed by atoms with Crippen molar-refractivity contribution in [2.75, 3.05) is 0 Å². The van der Waals surface area contributed by atoms with Crippen molar-refractivity contribution in [2.24, 2.45) is 5.73 Å². The van der Waals surface area contributed by atoms with Gasteiger partial charge < -0.3 is 10.7 Å². The number of H-pyrrole nitrogens is 1. The molecule has 21 heavy (non-hydrogen) atoms. The van der Waals surface area contributed by atoms with Crippen LogP contribution in [0.2, 0.25) is 0 Å². The van der Waals surface area contributed by atoms with Crippen LogP contribution in [-0.2, 0) is 12.2 Å². The van der Waals surface area contributed by atoms with Crippen LogP contribution in [0.15, 0.2) is 34.3 Å². The molecule has 0 aromatic carbocycles. The molecule has 0 radical (unpaired) electrons. The summed E-state index contributed by atoms with van der Waals surface area (Å²) < 4.78 is 0. The van der Waals surface area contributed by atoms with Crippen LogP contribution in [0.5, 0.6) is 0 Å². The zero-order valence-corrected chi connectivity index (χ0v) is 12.5. The van der Waals surface area contributed by atoms with Crippen molar-refractivity contribution >= 4 is 17.6 Å². The molecule has 2 aromatic heterocycles. The average molecular weight is 303 g/mol. The molecule has 0 atom stereocenters. The summed E-state index contributed by atoms with van der Waals surface area (Å²) >= 11 is 1.40. The maximum atomic E-state index is 11.6. The minimum absolute atomic E-state index is 0.0626. The van der Waals surface area contributed by atoms with Gasteiger partial charge in [0.15, 0.2) is 5.16 Å². The molecule has 110 valence electrons. The summed E-state index contributed by atoms with van der Waals surface area (Å²) in [5.41, 5.74) is 7.47. The number of hydrogen-bond acceptors (Lipinski definition) is 5. The number of nitrogens with zero attached hydrogens (tertiary/aromatic N) is 2. The highest BCUT2D eigenvalue weighted by Crippen LogP contribution is 2.20. The maximum absolute atomic E-state index is 11.6. The Labute approximate surface area is 126 Å². The van der Waals surface area contributed by atoms with Crippen LogP contribution in [0.3, 0.4) is 0 Å². The van der Waals surface area contributed by atoms with Crippen LogP contribution in [0.1, 0.15) is 30.3 Å². The lowest BCUT2D eigenvalue weighted by Crippen LogP contribution is -2.15. The van der Waals surface area contributed by atoms with Crippen molar-refractivity contribution < 1.29 is 0 Å². The van der Waals surface area contributed by atoms with Crippen molar-refractivity contribution in [1.29, 1.82) is 5.41 Å². The number of nitrogens with two attached hydrogens (primary N) is 1. The molecule has 0 aliphatic carbocycles. The molecule has 4 N–H and O–H groups in total. The first-order valence-corrected chi connectivity index (χ1v) is 7.60. The second-order valence-corrected chi connectivity index (χ2v) is 5.47. The van der Waals surface area contributed by atoms with Crippen LogP contribution >= 0.6 is 11.8 Å². The SMILES string of the molecule is CCCc1cc(=O)[nH]c(SCc2cccnc2C(=N)N)n1. The van der Waals surface area contributed by atoms with Crippen molar-refractivity contribution in [3.63, 3.8) is 0 Å². The molecule has 0 saturated heterocycles. The Morgan fingerprint density at radius 3 is 3.05 bits per heavy atom. The second-order valence-electron chi connectivity index (χ2n) is 4.51. The van der Waals surface area contributed by atoms with Gasteiger partial charge in [0.05, 0.1) is 0 Å². The van der Waals surface area contributed by atoms with Gasteiger partial charge in [0.2, 0.25) is 0 Å². The number of nitrogens with one attached hydrogen (secondary N) is 2. The number of thioether (sulfide) groups is 1. The molecular weight excluding hydrogens is 286 g/mol. The molecule has 2 heterocycles. The van der Waals surface area contributed by atoms with Gasteiger partial charge in [-0.3, -0.25) is 15.2 Å². The van der Waals surface area contributed by atoms with Crippen LogP contribution in [-0.4, -0.2) is 20.8 Å². The number of aromatic nitrogens is 3. The monoisotopic (exact) mass is 303 g/mol. The third-order valence-corrected chi connectivity index (χ3v) is 3.71. The Morgan fingerprint density at radius 1 is 1.52 bits per heavy atom. The lowest BCUT2D eigenvalue weighted by Gasteiger charge is -2.07. The fraction of sp³-hybridized carbons (Fsp3) is 0.286. The number of aryl methyl sites for hydroxylation is 1. The topological polar surface area (TPSA) is 109 Å². The Kier molecular flexibility index (Phi) is 5.10. The molecule has 6 nitrogen and oxygen atoms in total. The van der Waals surface area contributed by atoms with Crippen molar-refractivity contribution in [1.82, 2.24) is 15.0 Å². The summed E-state index contributed by atoms with van der Waals surface area (Å²) in [5.74, 6) is 0.480. The Morgan fingerprint density at radius 2 is 2.33 bits per heavy atom. The van der Waals surface area contributed by atoms with E-state index < -0.39 is 0 Å². The number of nitrogen functional groups attached to an aromatic ring is 1. The van der Waals surface area contributed by atoms with Gasteiger partial charge in [-0.1, -0.05) is 31.2 Å². The standard InChI is InChI=1S/C14H17N5OS/c1-2-4-10-7-11(20)19-14(18-10)21-8-9-5-3-6-17-12(9)13(15)16/h3,5-7H,2,4,8H2,1H3,(H3,15,16)(H,18,19,20). The van der Waals surface area contributed by atoms with Gasteiger partial charge in [-0.05, 0) is 18.1 Å². The fourth-order valence-electron chi connectivity index (χ4n) is 1.88. The fourth-order valence-corrected chi connectivity index (χ4v) is 2.76. The molecule has 0 spiro atoms. The molecule has 0 saturated carbocycles. The lowest BCUT2D eigenvalue weighted by atomic mass is 10.2. The number of rotatable bonds is 6. The highest BCUT2D eigenvalue weighted by atomic mass is 32.2. The summed E-state index contributed by atoms with van der Waals surface area (Å²) in [6, 6.07) is 5.19. The largest absolute Gasteiger partial charge is 0.382 e. The van der Waals surface area contributed by atoms with E-state index in [-0.39, 0.29) is 11.4 Å². The van der Waals surface area contributed by atoms with Crippen LogP contribution in [0.4, 0.5) is 0 Å². The summed E-state index contributed by atoms with van der Waals surface area (Å²) in [6.07, 6.45) is 3.33. The van der Waals surface area contributed by atoms with Crippen molar-refractivity contribution in [2.45, 2.75) is 30.7 Å². The van der Waals surface area contributed by atoms with E-state index in [1.807, 2.05) is 13.0 Å². The predicted octanol–water partition coefficient (Wildman–Crippen LogP) is 1.69. The molecule has 0 bridgehead atoms. The second kappa shape index (κ2) is 7.03. The van der Waals surface area contributed by atoms with Crippen molar-refractivity contribution in [3.05, 3.63) is 51.7 Å². The van der Waals surface area contributed by atoms with E-state index in [1.165, 1.54) is 17.8 Å². The lowest BCUT2D eigenvalue weighted by molar-refractivity contribution is 0.816. The van der Waals surface area contributed by atoms with E-state index in [0.717, 1.165) is 24.1 Å². The number of amidine groups is 1. The first-order valence-electron chi connectivity index (χ1n) is 6.61. The van der Waals surface area contributed by atoms with Crippen LogP contribution < -0.4 is 11.3 Å². The van der Waals surface area contributed by atoms with Gasteiger partial charge in [0.25, 0.3) is 5.56 Å². The summed E-state index contributed by atoms with van der Waals surface area (Å²) in [7, 11) is 0. The minimum atomic E-state index is -0.145. The van der Waals surface area contributed by atoms with Gasteiger partial charge in [-0.2, -0.15) is 0 Å². The van der Waals surface area contributed by atoms with Crippen LogP contribution in [0, 0.1) is 5.41 Å². The minimum Gasteiger partial charge on any atom is -0.382 e. The Balaban J connectivity index is 2.17. The number of hydrogen-bond donors (Lipinski definition) is 3. The third-order valence-electron chi connectivity index (χ3n) is 2.79. The Hall–Kier alpha value is -2.15. The average Bonchev–Trinajstić information content (AvgIpc) is 2.45. The van der Waals surface area contributed by atoms with Gasteiger partial charge in [0.1, 0.15) is 11.5 Å². The molecule has 0 fully saturated rings. The molecule has 2 rings (SSSR count). The van der Waals surface area contributed by atoms with Gasteiger partial charge in [0, 0.05) is 23.7 Å². The summed E-state index contributed by atoms with van der Waals surface area (Å²) in [6.45, 7) is 2.05. The van der Waals surface area contributed by atoms with Crippen molar-refractivity contribution in [3.8, 4) is 0 Å². The first kappa shape index (κ1) is 15.2. The van der Waals surface area contributed by atoms with Crippen LogP contribution in [0.25, 0.3) is 0 Å².